The number of piperazine rings is 1. The standard InChI is InChI=1S/C23H33N3O4S2/c1-19(2)18-26(20(3)21-8-6-5-7-9-21)32(29,30)23-12-10-22(11-13-23)24-14-16-25(17-15-24)31(4,27)28/h5-13,19-20H,14-18H2,1-4H3. The predicted octanol–water partition coefficient (Wildman–Crippen LogP) is 3.18. The first-order chi connectivity index (χ1) is 15.0. The Morgan fingerprint density at radius 3 is 1.91 bits per heavy atom. The molecular formula is C23H33N3O4S2. The van der Waals surface area contributed by atoms with E-state index in [0.29, 0.717) is 32.7 Å². The lowest BCUT2D eigenvalue weighted by atomic mass is 10.1. The zero-order valence-electron chi connectivity index (χ0n) is 19.2. The third-order valence-corrected chi connectivity index (χ3v) is 9.03. The van der Waals surface area contributed by atoms with Crippen molar-refractivity contribution in [3.05, 3.63) is 60.2 Å². The molecule has 2 aromatic rings. The van der Waals surface area contributed by atoms with E-state index in [-0.39, 0.29) is 16.9 Å². The highest BCUT2D eigenvalue weighted by Crippen LogP contribution is 2.29. The summed E-state index contributed by atoms with van der Waals surface area (Å²) in [4.78, 5) is 2.34. The Kier molecular flexibility index (Phi) is 7.65. The van der Waals surface area contributed by atoms with E-state index < -0.39 is 20.0 Å². The number of nitrogens with zero attached hydrogens (tertiary/aromatic N) is 3. The summed E-state index contributed by atoms with van der Waals surface area (Å²) in [6, 6.07) is 16.3. The van der Waals surface area contributed by atoms with Crippen LogP contribution in [0.2, 0.25) is 0 Å². The van der Waals surface area contributed by atoms with Gasteiger partial charge in [0.05, 0.1) is 11.2 Å². The fourth-order valence-corrected chi connectivity index (χ4v) is 6.57. The number of hydrogen-bond acceptors (Lipinski definition) is 5. The number of anilines is 1. The van der Waals surface area contributed by atoms with Gasteiger partial charge in [0.1, 0.15) is 0 Å². The van der Waals surface area contributed by atoms with Gasteiger partial charge in [0.15, 0.2) is 0 Å². The first kappa shape index (κ1) is 24.7. The van der Waals surface area contributed by atoms with Crippen LogP contribution in [0.15, 0.2) is 59.5 Å². The minimum absolute atomic E-state index is 0.182. The molecule has 0 N–H and O–H groups in total. The van der Waals surface area contributed by atoms with Crippen molar-refractivity contribution in [2.45, 2.75) is 31.7 Å². The molecule has 1 heterocycles. The molecule has 1 aliphatic rings. The Hall–Kier alpha value is -1.94. The minimum Gasteiger partial charge on any atom is -0.369 e. The molecule has 1 atom stereocenters. The van der Waals surface area contributed by atoms with Crippen molar-refractivity contribution >= 4 is 25.7 Å². The van der Waals surface area contributed by atoms with Crippen LogP contribution in [0.3, 0.4) is 0 Å². The molecule has 9 heteroatoms. The van der Waals surface area contributed by atoms with Crippen LogP contribution in [0.5, 0.6) is 0 Å². The van der Waals surface area contributed by atoms with Gasteiger partial charge in [-0.05, 0) is 42.7 Å². The van der Waals surface area contributed by atoms with Gasteiger partial charge < -0.3 is 4.90 Å². The van der Waals surface area contributed by atoms with E-state index in [2.05, 4.69) is 4.90 Å². The molecule has 0 aliphatic carbocycles. The monoisotopic (exact) mass is 479 g/mol. The summed E-state index contributed by atoms with van der Waals surface area (Å²) in [5, 5.41) is 0. The second-order valence-electron chi connectivity index (χ2n) is 8.70. The van der Waals surface area contributed by atoms with E-state index >= 15 is 0 Å². The van der Waals surface area contributed by atoms with Crippen LogP contribution in [0.4, 0.5) is 5.69 Å². The Balaban J connectivity index is 1.81. The summed E-state index contributed by atoms with van der Waals surface area (Å²) in [6.45, 7) is 8.37. The van der Waals surface area contributed by atoms with Crippen LogP contribution < -0.4 is 4.90 Å². The molecule has 1 aliphatic heterocycles. The fraction of sp³-hybridized carbons (Fsp3) is 0.478. The maximum Gasteiger partial charge on any atom is 0.243 e. The van der Waals surface area contributed by atoms with E-state index in [1.807, 2.05) is 63.2 Å². The molecule has 176 valence electrons. The third-order valence-electron chi connectivity index (χ3n) is 5.78. The Morgan fingerprint density at radius 2 is 1.41 bits per heavy atom. The van der Waals surface area contributed by atoms with Crippen molar-refractivity contribution in [1.29, 1.82) is 0 Å². The molecule has 3 rings (SSSR count). The van der Waals surface area contributed by atoms with Gasteiger partial charge in [0.2, 0.25) is 20.0 Å². The molecule has 0 aromatic heterocycles. The van der Waals surface area contributed by atoms with Gasteiger partial charge >= 0.3 is 0 Å². The average Bonchev–Trinajstić information content (AvgIpc) is 2.77. The molecular weight excluding hydrogens is 446 g/mol. The van der Waals surface area contributed by atoms with Crippen molar-refractivity contribution in [3.63, 3.8) is 0 Å². The Bertz CT molecular complexity index is 1090. The molecule has 32 heavy (non-hydrogen) atoms. The summed E-state index contributed by atoms with van der Waals surface area (Å²) >= 11 is 0. The van der Waals surface area contributed by atoms with Crippen molar-refractivity contribution < 1.29 is 16.8 Å². The van der Waals surface area contributed by atoms with E-state index in [1.165, 1.54) is 10.6 Å². The Morgan fingerprint density at radius 1 is 0.844 bits per heavy atom. The first-order valence-corrected chi connectivity index (χ1v) is 14.2. The average molecular weight is 480 g/mol. The molecule has 1 fully saturated rings. The number of sulfonamides is 2. The normalized spacial score (nSPS) is 17.1. The number of benzene rings is 2. The van der Waals surface area contributed by atoms with Gasteiger partial charge in [-0.1, -0.05) is 44.2 Å². The molecule has 0 amide bonds. The number of rotatable bonds is 8. The van der Waals surface area contributed by atoms with Crippen LogP contribution in [-0.4, -0.2) is 64.4 Å². The van der Waals surface area contributed by atoms with Crippen molar-refractivity contribution in [3.8, 4) is 0 Å². The van der Waals surface area contributed by atoms with Gasteiger partial charge in [-0.3, -0.25) is 0 Å². The molecule has 7 nitrogen and oxygen atoms in total. The largest absolute Gasteiger partial charge is 0.369 e. The maximum absolute atomic E-state index is 13.6. The van der Waals surface area contributed by atoms with E-state index in [0.717, 1.165) is 11.3 Å². The first-order valence-electron chi connectivity index (χ1n) is 10.9. The smallest absolute Gasteiger partial charge is 0.243 e. The molecule has 1 saturated heterocycles. The van der Waals surface area contributed by atoms with E-state index in [1.54, 1.807) is 16.4 Å². The van der Waals surface area contributed by atoms with Crippen molar-refractivity contribution in [2.24, 2.45) is 5.92 Å². The summed E-state index contributed by atoms with van der Waals surface area (Å²) in [6.07, 6.45) is 1.22. The zero-order chi connectivity index (χ0) is 23.5. The SMILES string of the molecule is CC(C)CN(C(C)c1ccccc1)S(=O)(=O)c1ccc(N2CCN(S(C)(=O)=O)CC2)cc1. The lowest BCUT2D eigenvalue weighted by Crippen LogP contribution is -2.48. The van der Waals surface area contributed by atoms with Crippen LogP contribution >= 0.6 is 0 Å². The van der Waals surface area contributed by atoms with Crippen LogP contribution in [-0.2, 0) is 20.0 Å². The van der Waals surface area contributed by atoms with E-state index in [4.69, 9.17) is 0 Å². The topological polar surface area (TPSA) is 78.0 Å². The number of hydrogen-bond donors (Lipinski definition) is 0. The summed E-state index contributed by atoms with van der Waals surface area (Å²) in [5.74, 6) is 0.182. The van der Waals surface area contributed by atoms with Gasteiger partial charge in [-0.2, -0.15) is 8.61 Å². The lowest BCUT2D eigenvalue weighted by Gasteiger charge is -2.35. The molecule has 0 bridgehead atoms. The van der Waals surface area contributed by atoms with Gasteiger partial charge in [-0.15, -0.1) is 0 Å². The van der Waals surface area contributed by atoms with Crippen LogP contribution in [0.25, 0.3) is 0 Å². The fourth-order valence-electron chi connectivity index (χ4n) is 3.96. The Labute approximate surface area is 192 Å². The highest BCUT2D eigenvalue weighted by Gasteiger charge is 2.31. The molecule has 1 unspecified atom stereocenters. The van der Waals surface area contributed by atoms with Gasteiger partial charge in [0, 0.05) is 44.5 Å². The van der Waals surface area contributed by atoms with Crippen LogP contribution in [0, 0.1) is 5.92 Å². The predicted molar refractivity (Wildman–Crippen MR) is 129 cm³/mol. The second kappa shape index (κ2) is 9.91. The zero-order valence-corrected chi connectivity index (χ0v) is 20.8. The second-order valence-corrected chi connectivity index (χ2v) is 12.6. The van der Waals surface area contributed by atoms with Crippen molar-refractivity contribution in [2.75, 3.05) is 43.9 Å². The molecule has 2 aromatic carbocycles. The minimum atomic E-state index is -3.69. The van der Waals surface area contributed by atoms with Gasteiger partial charge in [-0.25, -0.2) is 16.8 Å². The quantitative estimate of drug-likeness (QED) is 0.581. The summed E-state index contributed by atoms with van der Waals surface area (Å²) in [5.41, 5.74) is 1.85. The lowest BCUT2D eigenvalue weighted by molar-refractivity contribution is 0.308. The van der Waals surface area contributed by atoms with Gasteiger partial charge in [0.25, 0.3) is 0 Å². The summed E-state index contributed by atoms with van der Waals surface area (Å²) in [7, 11) is -6.88. The summed E-state index contributed by atoms with van der Waals surface area (Å²) < 4.78 is 53.6. The molecule has 0 saturated carbocycles. The molecule has 0 radical (unpaired) electrons. The van der Waals surface area contributed by atoms with Crippen molar-refractivity contribution in [1.82, 2.24) is 8.61 Å². The van der Waals surface area contributed by atoms with Crippen LogP contribution in [0.1, 0.15) is 32.4 Å². The van der Waals surface area contributed by atoms with E-state index in [9.17, 15) is 16.8 Å². The highest BCUT2D eigenvalue weighted by atomic mass is 32.2. The highest BCUT2D eigenvalue weighted by molar-refractivity contribution is 7.89. The maximum atomic E-state index is 13.6. The molecule has 0 spiro atoms. The third kappa shape index (κ3) is 5.70.